The normalized spacial score (nSPS) is 21.0. The lowest BCUT2D eigenvalue weighted by Crippen LogP contribution is -2.28. The molecule has 3 rings (SSSR count). The van der Waals surface area contributed by atoms with Crippen molar-refractivity contribution in [3.8, 4) is 0 Å². The van der Waals surface area contributed by atoms with Gasteiger partial charge in [-0.1, -0.05) is 23.7 Å². The summed E-state index contributed by atoms with van der Waals surface area (Å²) in [6, 6.07) is 9.43. The Kier molecular flexibility index (Phi) is 4.80. The van der Waals surface area contributed by atoms with Crippen molar-refractivity contribution in [1.82, 2.24) is 9.97 Å². The van der Waals surface area contributed by atoms with Crippen LogP contribution in [0.1, 0.15) is 29.5 Å². The van der Waals surface area contributed by atoms with E-state index in [1.54, 1.807) is 7.11 Å². The molecule has 1 N–H and O–H groups in total. The van der Waals surface area contributed by atoms with Crippen molar-refractivity contribution in [2.24, 2.45) is 0 Å². The monoisotopic (exact) mass is 333 g/mol. The number of anilines is 1. The first-order valence-electron chi connectivity index (χ1n) is 7.62. The van der Waals surface area contributed by atoms with Gasteiger partial charge in [0.2, 0.25) is 0 Å². The molecule has 1 aromatic heterocycles. The summed E-state index contributed by atoms with van der Waals surface area (Å²) in [7, 11) is 1.63. The zero-order valence-corrected chi connectivity index (χ0v) is 14.0. The summed E-state index contributed by atoms with van der Waals surface area (Å²) in [5, 5.41) is 11.1. The van der Waals surface area contributed by atoms with Gasteiger partial charge < -0.3 is 14.7 Å². The maximum absolute atomic E-state index is 10.4. The van der Waals surface area contributed by atoms with Gasteiger partial charge in [-0.05, 0) is 31.0 Å². The molecule has 23 heavy (non-hydrogen) atoms. The molecule has 0 spiro atoms. The number of aliphatic hydroxyl groups is 1. The van der Waals surface area contributed by atoms with Crippen molar-refractivity contribution in [1.29, 1.82) is 0 Å². The number of nitrogens with zero attached hydrogens (tertiary/aromatic N) is 3. The highest BCUT2D eigenvalue weighted by atomic mass is 35.5. The van der Waals surface area contributed by atoms with E-state index in [2.05, 4.69) is 14.9 Å². The summed E-state index contributed by atoms with van der Waals surface area (Å²) >= 11 is 5.97. The first-order chi connectivity index (χ1) is 11.1. The van der Waals surface area contributed by atoms with Crippen LogP contribution in [0.15, 0.2) is 30.3 Å². The van der Waals surface area contributed by atoms with E-state index in [9.17, 15) is 5.11 Å². The number of benzene rings is 1. The molecule has 0 unspecified atom stereocenters. The summed E-state index contributed by atoms with van der Waals surface area (Å²) in [6.45, 7) is 3.06. The Bertz CT molecular complexity index is 678. The van der Waals surface area contributed by atoms with Crippen LogP contribution >= 0.6 is 11.6 Å². The zero-order chi connectivity index (χ0) is 16.4. The third-order valence-electron chi connectivity index (χ3n) is 4.03. The first-order valence-corrected chi connectivity index (χ1v) is 8.00. The Morgan fingerprint density at radius 2 is 2.04 bits per heavy atom. The highest BCUT2D eigenvalue weighted by molar-refractivity contribution is 6.30. The maximum Gasteiger partial charge on any atom is 0.156 e. The summed E-state index contributed by atoms with van der Waals surface area (Å²) in [5.41, 5.74) is 1.92. The fourth-order valence-corrected chi connectivity index (χ4v) is 3.17. The van der Waals surface area contributed by atoms with Gasteiger partial charge in [0.15, 0.2) is 5.82 Å². The highest BCUT2D eigenvalue weighted by Gasteiger charge is 2.35. The number of methoxy groups -OCH3 is 1. The fourth-order valence-electron chi connectivity index (χ4n) is 3.05. The second-order valence-electron chi connectivity index (χ2n) is 5.76. The summed E-state index contributed by atoms with van der Waals surface area (Å²) < 4.78 is 5.14. The van der Waals surface area contributed by atoms with E-state index < -0.39 is 6.10 Å². The largest absolute Gasteiger partial charge is 0.391 e. The van der Waals surface area contributed by atoms with Crippen LogP contribution in [-0.2, 0) is 11.3 Å². The zero-order valence-electron chi connectivity index (χ0n) is 13.2. The van der Waals surface area contributed by atoms with Crippen LogP contribution in [0.4, 0.5) is 5.82 Å². The van der Waals surface area contributed by atoms with E-state index in [1.807, 2.05) is 37.3 Å². The number of ether oxygens (including phenoxy) is 1. The lowest BCUT2D eigenvalue weighted by molar-refractivity contribution is 0.164. The quantitative estimate of drug-likeness (QED) is 0.932. The summed E-state index contributed by atoms with van der Waals surface area (Å²) in [4.78, 5) is 11.1. The average molecular weight is 334 g/mol. The molecule has 2 atom stereocenters. The van der Waals surface area contributed by atoms with Gasteiger partial charge in [0.1, 0.15) is 12.4 Å². The average Bonchev–Trinajstić information content (AvgIpc) is 2.90. The fraction of sp³-hybridized carbons (Fsp3) is 0.412. The molecule has 5 nitrogen and oxygen atoms in total. The molecule has 1 saturated heterocycles. The van der Waals surface area contributed by atoms with Crippen LogP contribution in [0, 0.1) is 6.92 Å². The number of halogens is 1. The van der Waals surface area contributed by atoms with Gasteiger partial charge in [0.05, 0.1) is 12.1 Å². The van der Waals surface area contributed by atoms with Crippen LogP contribution in [0.2, 0.25) is 5.02 Å². The summed E-state index contributed by atoms with van der Waals surface area (Å²) in [6.07, 6.45) is 0.271. The van der Waals surface area contributed by atoms with Crippen molar-refractivity contribution in [3.63, 3.8) is 0 Å². The Morgan fingerprint density at radius 1 is 1.30 bits per heavy atom. The molecule has 0 radical (unpaired) electrons. The van der Waals surface area contributed by atoms with Gasteiger partial charge in [-0.25, -0.2) is 9.97 Å². The molecule has 6 heteroatoms. The third-order valence-corrected chi connectivity index (χ3v) is 4.28. The van der Waals surface area contributed by atoms with Gasteiger partial charge in [0.25, 0.3) is 0 Å². The van der Waals surface area contributed by atoms with Crippen molar-refractivity contribution < 1.29 is 9.84 Å². The minimum Gasteiger partial charge on any atom is -0.391 e. The predicted octanol–water partition coefficient (Wildman–Crippen LogP) is 2.90. The second-order valence-corrected chi connectivity index (χ2v) is 6.20. The van der Waals surface area contributed by atoms with Crippen LogP contribution in [0.5, 0.6) is 0 Å². The minimum atomic E-state index is -0.433. The number of aryl methyl sites for hydroxylation is 1. The Hall–Kier alpha value is -1.69. The van der Waals surface area contributed by atoms with E-state index in [4.69, 9.17) is 16.3 Å². The molecule has 1 aliphatic rings. The molecule has 0 bridgehead atoms. The SMILES string of the molecule is COCc1nc(C)cc(N2CC[C@@H](O)[C@H]2c2ccc(Cl)cc2)n1. The van der Waals surface area contributed by atoms with Crippen molar-refractivity contribution in [2.75, 3.05) is 18.6 Å². The number of hydrogen-bond donors (Lipinski definition) is 1. The number of hydrogen-bond acceptors (Lipinski definition) is 5. The van der Waals surface area contributed by atoms with E-state index in [-0.39, 0.29) is 6.04 Å². The Labute approximate surface area is 140 Å². The number of aliphatic hydroxyl groups excluding tert-OH is 1. The Balaban J connectivity index is 1.96. The number of aromatic nitrogens is 2. The molecule has 1 aromatic carbocycles. The predicted molar refractivity (Wildman–Crippen MR) is 89.6 cm³/mol. The summed E-state index contributed by atoms with van der Waals surface area (Å²) in [5.74, 6) is 1.47. The standard InChI is InChI=1S/C17H20ClN3O2/c1-11-9-16(20-15(19-11)10-23-2)21-8-7-14(22)17(21)12-3-5-13(18)6-4-12/h3-6,9,14,17,22H,7-8,10H2,1-2H3/t14-,17-/m1/s1. The maximum atomic E-state index is 10.4. The topological polar surface area (TPSA) is 58.5 Å². The van der Waals surface area contributed by atoms with Gasteiger partial charge in [-0.2, -0.15) is 0 Å². The molecule has 0 aliphatic carbocycles. The second kappa shape index (κ2) is 6.83. The van der Waals surface area contributed by atoms with E-state index in [0.29, 0.717) is 23.9 Å². The molecule has 2 aromatic rings. The van der Waals surface area contributed by atoms with Crippen LogP contribution in [-0.4, -0.2) is 34.8 Å². The minimum absolute atomic E-state index is 0.128. The van der Waals surface area contributed by atoms with E-state index >= 15 is 0 Å². The number of rotatable bonds is 4. The lowest BCUT2D eigenvalue weighted by Gasteiger charge is -2.28. The highest BCUT2D eigenvalue weighted by Crippen LogP contribution is 2.36. The van der Waals surface area contributed by atoms with Gasteiger partial charge in [-0.3, -0.25) is 0 Å². The van der Waals surface area contributed by atoms with Gasteiger partial charge >= 0.3 is 0 Å². The lowest BCUT2D eigenvalue weighted by atomic mass is 10.0. The van der Waals surface area contributed by atoms with Crippen molar-refractivity contribution >= 4 is 17.4 Å². The third kappa shape index (κ3) is 3.47. The molecular formula is C17H20ClN3O2. The molecule has 2 heterocycles. The van der Waals surface area contributed by atoms with Crippen LogP contribution in [0.3, 0.4) is 0 Å². The van der Waals surface area contributed by atoms with Crippen LogP contribution in [0.25, 0.3) is 0 Å². The van der Waals surface area contributed by atoms with E-state index in [0.717, 1.165) is 23.6 Å². The van der Waals surface area contributed by atoms with Crippen molar-refractivity contribution in [3.05, 3.63) is 52.4 Å². The first kappa shape index (κ1) is 16.2. The molecule has 0 amide bonds. The molecule has 122 valence electrons. The smallest absolute Gasteiger partial charge is 0.156 e. The Morgan fingerprint density at radius 3 is 2.74 bits per heavy atom. The van der Waals surface area contributed by atoms with Crippen LogP contribution < -0.4 is 4.90 Å². The van der Waals surface area contributed by atoms with Crippen molar-refractivity contribution in [2.45, 2.75) is 32.1 Å². The van der Waals surface area contributed by atoms with Gasteiger partial charge in [-0.15, -0.1) is 0 Å². The molecular weight excluding hydrogens is 314 g/mol. The van der Waals surface area contributed by atoms with Gasteiger partial charge in [0, 0.05) is 30.4 Å². The van der Waals surface area contributed by atoms with E-state index in [1.165, 1.54) is 0 Å². The molecule has 0 saturated carbocycles. The molecule has 1 aliphatic heterocycles. The molecule has 1 fully saturated rings.